The Bertz CT molecular complexity index is 1110. The summed E-state index contributed by atoms with van der Waals surface area (Å²) in [5.74, 6) is -2.07. The van der Waals surface area contributed by atoms with Crippen LogP contribution in [-0.4, -0.2) is 41.2 Å². The van der Waals surface area contributed by atoms with Crippen molar-refractivity contribution >= 4 is 40.0 Å². The maximum Gasteiger partial charge on any atom is 0.338 e. The molecule has 1 aromatic carbocycles. The van der Waals surface area contributed by atoms with Gasteiger partial charge >= 0.3 is 5.97 Å². The number of carbonyl (C=O) groups is 4. The molecule has 2 heterocycles. The van der Waals surface area contributed by atoms with Gasteiger partial charge < -0.3 is 10.1 Å². The van der Waals surface area contributed by atoms with E-state index in [0.717, 1.165) is 32.1 Å². The number of amides is 3. The molecule has 2 aliphatic rings. The largest absolute Gasteiger partial charge is 0.452 e. The van der Waals surface area contributed by atoms with E-state index in [1.807, 2.05) is 6.07 Å². The van der Waals surface area contributed by atoms with Crippen LogP contribution >= 0.6 is 11.3 Å². The van der Waals surface area contributed by atoms with E-state index in [2.05, 4.69) is 5.32 Å². The summed E-state index contributed by atoms with van der Waals surface area (Å²) >= 11 is 1.19. The maximum atomic E-state index is 12.8. The highest BCUT2D eigenvalue weighted by Crippen LogP contribution is 2.31. The number of esters is 1. The van der Waals surface area contributed by atoms with Crippen LogP contribution in [0.15, 0.2) is 29.6 Å². The van der Waals surface area contributed by atoms with Crippen LogP contribution in [0.5, 0.6) is 0 Å². The highest BCUT2D eigenvalue weighted by atomic mass is 32.1. The number of nitrogens with one attached hydrogen (secondary N) is 1. The van der Waals surface area contributed by atoms with Crippen LogP contribution in [0.4, 0.5) is 5.00 Å². The second-order valence-corrected chi connectivity index (χ2v) is 8.35. The van der Waals surface area contributed by atoms with Crippen LogP contribution in [0.2, 0.25) is 0 Å². The number of carbonyl (C=O) groups excluding carboxylic acids is 4. The summed E-state index contributed by atoms with van der Waals surface area (Å²) in [7, 11) is 0. The smallest absolute Gasteiger partial charge is 0.338 e. The molecule has 1 aromatic heterocycles. The van der Waals surface area contributed by atoms with Gasteiger partial charge in [0.25, 0.3) is 17.7 Å². The first-order chi connectivity index (χ1) is 15.0. The fourth-order valence-electron chi connectivity index (χ4n) is 3.93. The second-order valence-electron chi connectivity index (χ2n) is 7.43. The highest BCUT2D eigenvalue weighted by molar-refractivity contribution is 7.14. The van der Waals surface area contributed by atoms with Gasteiger partial charge in [-0.2, -0.15) is 5.26 Å². The molecule has 1 saturated carbocycles. The van der Waals surface area contributed by atoms with Gasteiger partial charge in [0.05, 0.1) is 22.3 Å². The van der Waals surface area contributed by atoms with Crippen LogP contribution in [0.25, 0.3) is 0 Å². The lowest BCUT2D eigenvalue weighted by atomic mass is 9.94. The van der Waals surface area contributed by atoms with Gasteiger partial charge in [-0.15, -0.1) is 11.3 Å². The van der Waals surface area contributed by atoms with Crippen molar-refractivity contribution in [3.05, 3.63) is 51.9 Å². The Kier molecular flexibility index (Phi) is 5.82. The summed E-state index contributed by atoms with van der Waals surface area (Å²) in [4.78, 5) is 51.3. The standard InChI is InChI=1S/C22H19N3O5S/c23-11-14-8-9-31-19(14)24-18(26)12-30-22(29)13-6-7-16-17(10-13)21(28)25(20(16)27)15-4-2-1-3-5-15/h6-10,15H,1-5,12H2,(H,24,26). The Hall–Kier alpha value is -3.51. The molecular formula is C22H19N3O5S. The van der Waals surface area contributed by atoms with Crippen LogP contribution in [0.3, 0.4) is 0 Å². The van der Waals surface area contributed by atoms with Crippen molar-refractivity contribution < 1.29 is 23.9 Å². The van der Waals surface area contributed by atoms with E-state index in [9.17, 15) is 19.2 Å². The molecule has 1 aliphatic heterocycles. The van der Waals surface area contributed by atoms with Gasteiger partial charge in [-0.3, -0.25) is 19.3 Å². The highest BCUT2D eigenvalue weighted by Gasteiger charge is 2.40. The normalized spacial score (nSPS) is 16.0. The van der Waals surface area contributed by atoms with Crippen molar-refractivity contribution in [2.24, 2.45) is 0 Å². The molecule has 0 radical (unpaired) electrons. The van der Waals surface area contributed by atoms with Gasteiger partial charge in [0, 0.05) is 6.04 Å². The van der Waals surface area contributed by atoms with E-state index >= 15 is 0 Å². The molecule has 3 amide bonds. The molecule has 0 saturated heterocycles. The minimum Gasteiger partial charge on any atom is -0.452 e. The first-order valence-corrected chi connectivity index (χ1v) is 10.8. The van der Waals surface area contributed by atoms with Crippen molar-refractivity contribution in [2.75, 3.05) is 11.9 Å². The van der Waals surface area contributed by atoms with E-state index in [1.165, 1.54) is 34.4 Å². The Balaban J connectivity index is 1.41. The van der Waals surface area contributed by atoms with Crippen LogP contribution in [0.1, 0.15) is 68.7 Å². The SMILES string of the molecule is N#Cc1ccsc1NC(=O)COC(=O)c1ccc2c(c1)C(=O)N(C1CCCCC1)C2=O. The first kappa shape index (κ1) is 20.8. The lowest BCUT2D eigenvalue weighted by molar-refractivity contribution is -0.119. The molecule has 8 nitrogen and oxygen atoms in total. The number of nitrogens with zero attached hydrogens (tertiary/aromatic N) is 2. The fourth-order valence-corrected chi connectivity index (χ4v) is 4.68. The molecule has 9 heteroatoms. The molecule has 31 heavy (non-hydrogen) atoms. The van der Waals surface area contributed by atoms with Gasteiger partial charge in [0.15, 0.2) is 6.61 Å². The van der Waals surface area contributed by atoms with Crippen molar-refractivity contribution in [1.29, 1.82) is 5.26 Å². The second kappa shape index (κ2) is 8.70. The van der Waals surface area contributed by atoms with Crippen molar-refractivity contribution in [1.82, 2.24) is 4.90 Å². The van der Waals surface area contributed by atoms with Crippen LogP contribution in [-0.2, 0) is 9.53 Å². The van der Waals surface area contributed by atoms with Gasteiger partial charge in [-0.05, 0) is 42.5 Å². The number of benzene rings is 1. The number of nitriles is 1. The third-order valence-electron chi connectivity index (χ3n) is 5.47. The third-order valence-corrected chi connectivity index (χ3v) is 6.30. The molecule has 158 valence electrons. The van der Waals surface area contributed by atoms with E-state index in [1.54, 1.807) is 11.4 Å². The average molecular weight is 437 g/mol. The zero-order chi connectivity index (χ0) is 22.0. The minimum atomic E-state index is -0.777. The summed E-state index contributed by atoms with van der Waals surface area (Å²) in [5, 5.41) is 13.5. The molecule has 1 aliphatic carbocycles. The summed E-state index contributed by atoms with van der Waals surface area (Å²) in [5.41, 5.74) is 0.888. The number of hydrogen-bond acceptors (Lipinski definition) is 7. The molecule has 4 rings (SSSR count). The number of rotatable bonds is 5. The number of fused-ring (bicyclic) bond motifs is 1. The Morgan fingerprint density at radius 1 is 1.13 bits per heavy atom. The summed E-state index contributed by atoms with van der Waals surface area (Å²) in [6.07, 6.45) is 4.67. The van der Waals surface area contributed by atoms with E-state index in [-0.39, 0.29) is 34.5 Å². The first-order valence-electron chi connectivity index (χ1n) is 9.96. The number of ether oxygens (including phenoxy) is 1. The lowest BCUT2D eigenvalue weighted by Gasteiger charge is -2.29. The molecule has 0 bridgehead atoms. The molecule has 1 N–H and O–H groups in total. The fraction of sp³-hybridized carbons (Fsp3) is 0.318. The minimum absolute atomic E-state index is 0.0898. The molecule has 0 atom stereocenters. The Labute approximate surface area is 182 Å². The quantitative estimate of drug-likeness (QED) is 0.566. The zero-order valence-electron chi connectivity index (χ0n) is 16.6. The number of thiophene rings is 1. The lowest BCUT2D eigenvalue weighted by Crippen LogP contribution is -2.40. The zero-order valence-corrected chi connectivity index (χ0v) is 17.4. The van der Waals surface area contributed by atoms with Gasteiger partial charge in [-0.1, -0.05) is 19.3 Å². The molecule has 0 unspecified atom stereocenters. The Morgan fingerprint density at radius 3 is 2.61 bits per heavy atom. The molecule has 0 spiro atoms. The summed E-state index contributed by atoms with van der Waals surface area (Å²) in [6.45, 7) is -0.542. The molecular weight excluding hydrogens is 418 g/mol. The van der Waals surface area contributed by atoms with E-state index in [0.29, 0.717) is 10.6 Å². The van der Waals surface area contributed by atoms with E-state index in [4.69, 9.17) is 10.00 Å². The van der Waals surface area contributed by atoms with Crippen molar-refractivity contribution in [3.8, 4) is 6.07 Å². The number of hydrogen-bond donors (Lipinski definition) is 1. The monoisotopic (exact) mass is 437 g/mol. The average Bonchev–Trinajstić information content (AvgIpc) is 3.34. The van der Waals surface area contributed by atoms with Gasteiger partial charge in [0.1, 0.15) is 11.1 Å². The third kappa shape index (κ3) is 4.07. The predicted octanol–water partition coefficient (Wildman–Crippen LogP) is 3.34. The summed E-state index contributed by atoms with van der Waals surface area (Å²) in [6, 6.07) is 7.66. The maximum absolute atomic E-state index is 12.8. The topological polar surface area (TPSA) is 117 Å². The van der Waals surface area contributed by atoms with Crippen molar-refractivity contribution in [3.63, 3.8) is 0 Å². The molecule has 2 aromatic rings. The Morgan fingerprint density at radius 2 is 1.87 bits per heavy atom. The molecule has 1 fully saturated rings. The van der Waals surface area contributed by atoms with Crippen LogP contribution < -0.4 is 5.32 Å². The van der Waals surface area contributed by atoms with Crippen molar-refractivity contribution in [2.45, 2.75) is 38.1 Å². The van der Waals surface area contributed by atoms with E-state index < -0.39 is 18.5 Å². The van der Waals surface area contributed by atoms with Crippen LogP contribution in [0, 0.1) is 11.3 Å². The van der Waals surface area contributed by atoms with Gasteiger partial charge in [-0.25, -0.2) is 4.79 Å². The van der Waals surface area contributed by atoms with Gasteiger partial charge in [0.2, 0.25) is 0 Å². The summed E-state index contributed by atoms with van der Waals surface area (Å²) < 4.78 is 5.04. The number of imide groups is 1. The predicted molar refractivity (Wildman–Crippen MR) is 112 cm³/mol. The number of anilines is 1.